The van der Waals surface area contributed by atoms with E-state index in [1.807, 2.05) is 12.1 Å². The van der Waals surface area contributed by atoms with E-state index in [2.05, 4.69) is 20.3 Å². The largest absolute Gasteiger partial charge is 0.497 e. The first-order valence-corrected chi connectivity index (χ1v) is 6.72. The molecule has 0 aliphatic carbocycles. The van der Waals surface area contributed by atoms with Crippen molar-refractivity contribution in [3.05, 3.63) is 28.9 Å². The van der Waals surface area contributed by atoms with Crippen molar-refractivity contribution in [2.45, 2.75) is 6.54 Å². The van der Waals surface area contributed by atoms with Crippen LogP contribution >= 0.6 is 11.6 Å². The van der Waals surface area contributed by atoms with E-state index in [1.165, 1.54) is 0 Å². The SMILES string of the molecule is COc1cc(Cn2nnc3c(Cl)nc(N)nc32)cc(OC)c1. The van der Waals surface area contributed by atoms with Crippen LogP contribution in [0, 0.1) is 0 Å². The molecule has 0 amide bonds. The zero-order valence-electron chi connectivity index (χ0n) is 11.9. The molecule has 22 heavy (non-hydrogen) atoms. The van der Waals surface area contributed by atoms with Crippen LogP contribution in [0.25, 0.3) is 11.2 Å². The highest BCUT2D eigenvalue weighted by Gasteiger charge is 2.13. The predicted molar refractivity (Wildman–Crippen MR) is 81.2 cm³/mol. The highest BCUT2D eigenvalue weighted by Crippen LogP contribution is 2.24. The smallest absolute Gasteiger partial charge is 0.223 e. The molecule has 114 valence electrons. The van der Waals surface area contributed by atoms with Crippen LogP contribution in [0.5, 0.6) is 11.5 Å². The zero-order chi connectivity index (χ0) is 15.7. The summed E-state index contributed by atoms with van der Waals surface area (Å²) >= 11 is 5.99. The molecule has 0 fully saturated rings. The first-order valence-electron chi connectivity index (χ1n) is 6.35. The molecule has 2 aromatic heterocycles. The Balaban J connectivity index is 2.03. The Bertz CT molecular complexity index is 813. The molecule has 0 unspecified atom stereocenters. The summed E-state index contributed by atoms with van der Waals surface area (Å²) in [5.41, 5.74) is 7.41. The van der Waals surface area contributed by atoms with Gasteiger partial charge in [-0.15, -0.1) is 5.10 Å². The number of halogens is 1. The number of anilines is 1. The summed E-state index contributed by atoms with van der Waals surface area (Å²) in [7, 11) is 3.19. The molecule has 0 atom stereocenters. The van der Waals surface area contributed by atoms with Crippen molar-refractivity contribution in [1.29, 1.82) is 0 Å². The molecule has 1 aromatic carbocycles. The van der Waals surface area contributed by atoms with Gasteiger partial charge in [0.2, 0.25) is 5.95 Å². The van der Waals surface area contributed by atoms with Crippen LogP contribution in [0.3, 0.4) is 0 Å². The summed E-state index contributed by atoms with van der Waals surface area (Å²) in [6.45, 7) is 0.414. The van der Waals surface area contributed by atoms with Gasteiger partial charge in [0.05, 0.1) is 20.8 Å². The first-order chi connectivity index (χ1) is 10.6. The molecular formula is C13H13ClN6O2. The first kappa shape index (κ1) is 14.3. The van der Waals surface area contributed by atoms with E-state index in [0.29, 0.717) is 29.2 Å². The van der Waals surface area contributed by atoms with E-state index in [4.69, 9.17) is 26.8 Å². The van der Waals surface area contributed by atoms with Gasteiger partial charge in [0, 0.05) is 6.07 Å². The molecule has 0 saturated heterocycles. The van der Waals surface area contributed by atoms with Crippen molar-refractivity contribution in [2.75, 3.05) is 20.0 Å². The Morgan fingerprint density at radius 3 is 2.45 bits per heavy atom. The number of fused-ring (bicyclic) bond motifs is 1. The van der Waals surface area contributed by atoms with Crippen LogP contribution < -0.4 is 15.2 Å². The summed E-state index contributed by atoms with van der Waals surface area (Å²) in [5, 5.41) is 8.20. The number of nitrogen functional groups attached to an aromatic ring is 1. The minimum Gasteiger partial charge on any atom is -0.497 e. The quantitative estimate of drug-likeness (QED) is 0.727. The Morgan fingerprint density at radius 1 is 1.14 bits per heavy atom. The van der Waals surface area contributed by atoms with Gasteiger partial charge >= 0.3 is 0 Å². The van der Waals surface area contributed by atoms with Crippen molar-refractivity contribution < 1.29 is 9.47 Å². The summed E-state index contributed by atoms with van der Waals surface area (Å²) in [4.78, 5) is 7.99. The number of hydrogen-bond donors (Lipinski definition) is 1. The highest BCUT2D eigenvalue weighted by molar-refractivity contribution is 6.33. The molecule has 0 radical (unpaired) electrons. The van der Waals surface area contributed by atoms with E-state index in [9.17, 15) is 0 Å². The van der Waals surface area contributed by atoms with Crippen LogP contribution in [0.4, 0.5) is 5.95 Å². The average molecular weight is 321 g/mol. The van der Waals surface area contributed by atoms with Gasteiger partial charge in [0.1, 0.15) is 11.5 Å². The lowest BCUT2D eigenvalue weighted by Gasteiger charge is -2.08. The van der Waals surface area contributed by atoms with Gasteiger partial charge in [-0.1, -0.05) is 16.8 Å². The highest BCUT2D eigenvalue weighted by atomic mass is 35.5. The van der Waals surface area contributed by atoms with Gasteiger partial charge in [0.15, 0.2) is 16.3 Å². The molecule has 3 aromatic rings. The van der Waals surface area contributed by atoms with Crippen LogP contribution in [-0.4, -0.2) is 39.2 Å². The molecule has 3 rings (SSSR count). The van der Waals surface area contributed by atoms with Gasteiger partial charge in [-0.25, -0.2) is 4.68 Å². The number of hydrogen-bond acceptors (Lipinski definition) is 7. The van der Waals surface area contributed by atoms with Gasteiger partial charge in [-0.05, 0) is 17.7 Å². The van der Waals surface area contributed by atoms with E-state index in [0.717, 1.165) is 5.56 Å². The van der Waals surface area contributed by atoms with E-state index >= 15 is 0 Å². The number of rotatable bonds is 4. The second-order valence-electron chi connectivity index (χ2n) is 4.51. The fourth-order valence-corrected chi connectivity index (χ4v) is 2.29. The lowest BCUT2D eigenvalue weighted by atomic mass is 10.2. The molecule has 8 nitrogen and oxygen atoms in total. The maximum Gasteiger partial charge on any atom is 0.223 e. The van der Waals surface area contributed by atoms with Gasteiger partial charge < -0.3 is 15.2 Å². The standard InChI is InChI=1S/C13H13ClN6O2/c1-21-8-3-7(4-9(5-8)22-2)6-20-12-10(18-19-20)11(14)16-13(15)17-12/h3-5H,6H2,1-2H3,(H2,15,16,17). The molecule has 0 spiro atoms. The van der Waals surface area contributed by atoms with Crippen LogP contribution in [0.15, 0.2) is 18.2 Å². The van der Waals surface area contributed by atoms with Crippen molar-refractivity contribution in [3.63, 3.8) is 0 Å². The minimum absolute atomic E-state index is 0.0734. The topological polar surface area (TPSA) is 101 Å². The Morgan fingerprint density at radius 2 is 1.82 bits per heavy atom. The second kappa shape index (κ2) is 5.64. The summed E-state index contributed by atoms with van der Waals surface area (Å²) in [5.74, 6) is 1.45. The number of nitrogens with two attached hydrogens (primary N) is 1. The number of nitrogens with zero attached hydrogens (tertiary/aromatic N) is 5. The fourth-order valence-electron chi connectivity index (χ4n) is 2.08. The van der Waals surface area contributed by atoms with Gasteiger partial charge in [-0.2, -0.15) is 9.97 Å². The molecule has 0 saturated carbocycles. The van der Waals surface area contributed by atoms with E-state index < -0.39 is 0 Å². The van der Waals surface area contributed by atoms with Crippen LogP contribution in [0.1, 0.15) is 5.56 Å². The molecule has 0 aliphatic rings. The third-order valence-electron chi connectivity index (χ3n) is 3.08. The van der Waals surface area contributed by atoms with Crippen molar-refractivity contribution in [1.82, 2.24) is 25.0 Å². The molecular weight excluding hydrogens is 308 g/mol. The lowest BCUT2D eigenvalue weighted by Crippen LogP contribution is -2.05. The molecule has 0 bridgehead atoms. The van der Waals surface area contributed by atoms with Crippen molar-refractivity contribution in [3.8, 4) is 11.5 Å². The van der Waals surface area contributed by atoms with Gasteiger partial charge in [0.25, 0.3) is 0 Å². The summed E-state index contributed by atoms with van der Waals surface area (Å²) < 4.78 is 12.1. The van der Waals surface area contributed by atoms with Crippen LogP contribution in [0.2, 0.25) is 5.15 Å². The summed E-state index contributed by atoms with van der Waals surface area (Å²) in [6, 6.07) is 5.55. The fraction of sp³-hybridized carbons (Fsp3) is 0.231. The molecule has 2 heterocycles. The Kier molecular flexibility index (Phi) is 3.68. The van der Waals surface area contributed by atoms with Crippen LogP contribution in [-0.2, 0) is 6.54 Å². The van der Waals surface area contributed by atoms with E-state index in [1.54, 1.807) is 25.0 Å². The zero-order valence-corrected chi connectivity index (χ0v) is 12.7. The van der Waals surface area contributed by atoms with Gasteiger partial charge in [-0.3, -0.25) is 0 Å². The lowest BCUT2D eigenvalue weighted by molar-refractivity contribution is 0.393. The number of benzene rings is 1. The monoisotopic (exact) mass is 320 g/mol. The molecule has 0 aliphatic heterocycles. The Labute approximate surface area is 130 Å². The predicted octanol–water partition coefficient (Wildman–Crippen LogP) is 1.52. The summed E-state index contributed by atoms with van der Waals surface area (Å²) in [6.07, 6.45) is 0. The number of ether oxygens (including phenoxy) is 2. The molecule has 2 N–H and O–H groups in total. The van der Waals surface area contributed by atoms with E-state index in [-0.39, 0.29) is 11.1 Å². The Hall–Kier alpha value is -2.61. The minimum atomic E-state index is 0.0734. The van der Waals surface area contributed by atoms with Crippen molar-refractivity contribution in [2.24, 2.45) is 0 Å². The maximum atomic E-state index is 5.99. The molecule has 9 heteroatoms. The average Bonchev–Trinajstić information content (AvgIpc) is 2.90. The van der Waals surface area contributed by atoms with Crippen molar-refractivity contribution >= 4 is 28.7 Å². The third-order valence-corrected chi connectivity index (χ3v) is 3.34. The maximum absolute atomic E-state index is 5.99. The third kappa shape index (κ3) is 2.60. The second-order valence-corrected chi connectivity index (χ2v) is 4.87. The normalized spacial score (nSPS) is 10.9. The number of aromatic nitrogens is 5. The number of methoxy groups -OCH3 is 2.